The van der Waals surface area contributed by atoms with Gasteiger partial charge in [-0.25, -0.2) is 9.37 Å². The van der Waals surface area contributed by atoms with E-state index >= 15 is 4.39 Å². The Morgan fingerprint density at radius 3 is 2.44 bits per heavy atom. The molecule has 1 heterocycles. The molecule has 0 radical (unpaired) electrons. The van der Waals surface area contributed by atoms with E-state index in [2.05, 4.69) is 0 Å². The number of rotatable bonds is 10. The number of alkyl halides is 2. The molecule has 0 aliphatic heterocycles. The number of hydrogen-bond donors (Lipinski definition) is 0. The average Bonchev–Trinajstić information content (AvgIpc) is 3.25. The van der Waals surface area contributed by atoms with E-state index in [9.17, 15) is 13.6 Å². The van der Waals surface area contributed by atoms with Crippen molar-refractivity contribution in [1.82, 2.24) is 14.5 Å². The molecule has 206 valence electrons. The Bertz CT molecular complexity index is 1500. The summed E-state index contributed by atoms with van der Waals surface area (Å²) >= 11 is 0. The molecule has 0 fully saturated rings. The number of methoxy groups -OCH3 is 1. The number of ether oxygens (including phenoxy) is 2. The zero-order valence-electron chi connectivity index (χ0n) is 22.7. The van der Waals surface area contributed by atoms with Crippen molar-refractivity contribution in [3.05, 3.63) is 65.7 Å². The minimum absolute atomic E-state index is 0.151. The molecule has 0 aliphatic rings. The Hall–Kier alpha value is -3.42. The first-order valence-corrected chi connectivity index (χ1v) is 14.6. The highest BCUT2D eigenvalue weighted by atomic mass is 31.1. The molecular formula is C29H31F3N3O3P. The summed E-state index contributed by atoms with van der Waals surface area (Å²) in [5.41, 5.74) is 2.65. The molecule has 0 saturated carbocycles. The second-order valence-corrected chi connectivity index (χ2v) is 11.8. The van der Waals surface area contributed by atoms with Gasteiger partial charge < -0.3 is 9.47 Å². The lowest BCUT2D eigenvalue weighted by Gasteiger charge is -2.25. The highest BCUT2D eigenvalue weighted by Gasteiger charge is 2.27. The Morgan fingerprint density at radius 1 is 1.10 bits per heavy atom. The van der Waals surface area contributed by atoms with Crippen molar-refractivity contribution < 1.29 is 27.4 Å². The van der Waals surface area contributed by atoms with E-state index in [1.54, 1.807) is 28.8 Å². The molecule has 39 heavy (non-hydrogen) atoms. The topological polar surface area (TPSA) is 56.6 Å². The van der Waals surface area contributed by atoms with Crippen molar-refractivity contribution >= 4 is 30.5 Å². The van der Waals surface area contributed by atoms with Crippen LogP contribution in [0, 0.1) is 5.82 Å². The number of fused-ring (bicyclic) bond motifs is 1. The molecule has 1 aromatic heterocycles. The van der Waals surface area contributed by atoms with Crippen LogP contribution in [-0.2, 0) is 0 Å². The van der Waals surface area contributed by atoms with Crippen molar-refractivity contribution in [3.63, 3.8) is 0 Å². The number of benzene rings is 3. The summed E-state index contributed by atoms with van der Waals surface area (Å²) in [5, 5.41) is 0.601. The van der Waals surface area contributed by atoms with Crippen LogP contribution in [0.5, 0.6) is 11.5 Å². The second kappa shape index (κ2) is 11.8. The Balaban J connectivity index is 2.08. The summed E-state index contributed by atoms with van der Waals surface area (Å²) in [4.78, 5) is 19.0. The van der Waals surface area contributed by atoms with E-state index in [4.69, 9.17) is 14.5 Å². The van der Waals surface area contributed by atoms with Crippen LogP contribution in [0.2, 0.25) is 0 Å². The fourth-order valence-corrected chi connectivity index (χ4v) is 5.71. The standard InChI is InChI=1S/C29H31F3N3O3P/c1-7-22(34(2)3)28-33-21-12-11-17(19-14-20(30)26(39(5)6)15-25(19)37-4)13-23(21)35(28)27-18(16-36)9-8-10-24(27)38-29(31)32/h8-16,22,29H,7H2,1-6H3. The van der Waals surface area contributed by atoms with E-state index in [0.29, 0.717) is 51.7 Å². The van der Waals surface area contributed by atoms with Gasteiger partial charge in [0.15, 0.2) is 12.0 Å². The summed E-state index contributed by atoms with van der Waals surface area (Å²) in [5.74, 6) is 0.595. The summed E-state index contributed by atoms with van der Waals surface area (Å²) in [7, 11) is 4.64. The summed E-state index contributed by atoms with van der Waals surface area (Å²) in [6, 6.07) is 12.8. The van der Waals surface area contributed by atoms with Crippen LogP contribution in [0.25, 0.3) is 27.8 Å². The number of para-hydroxylation sites is 1. The van der Waals surface area contributed by atoms with E-state index in [-0.39, 0.29) is 28.9 Å². The fourth-order valence-electron chi connectivity index (χ4n) is 4.84. The molecule has 1 unspecified atom stereocenters. The largest absolute Gasteiger partial charge is 0.496 e. The van der Waals surface area contributed by atoms with Gasteiger partial charge >= 0.3 is 6.61 Å². The summed E-state index contributed by atoms with van der Waals surface area (Å²) in [6.07, 6.45) is 1.27. The van der Waals surface area contributed by atoms with Crippen LogP contribution in [-0.4, -0.2) is 61.9 Å². The van der Waals surface area contributed by atoms with Gasteiger partial charge in [-0.3, -0.25) is 14.3 Å². The third-order valence-corrected chi connectivity index (χ3v) is 7.95. The Labute approximate surface area is 227 Å². The van der Waals surface area contributed by atoms with Crippen LogP contribution in [0.15, 0.2) is 48.5 Å². The zero-order chi connectivity index (χ0) is 28.4. The van der Waals surface area contributed by atoms with Crippen LogP contribution < -0.4 is 14.8 Å². The molecule has 4 rings (SSSR count). The minimum Gasteiger partial charge on any atom is -0.496 e. The molecule has 6 nitrogen and oxygen atoms in total. The van der Waals surface area contributed by atoms with Gasteiger partial charge in [-0.1, -0.05) is 27.0 Å². The molecule has 10 heteroatoms. The lowest BCUT2D eigenvalue weighted by Crippen LogP contribution is -2.23. The van der Waals surface area contributed by atoms with E-state index in [1.807, 2.05) is 45.3 Å². The zero-order valence-corrected chi connectivity index (χ0v) is 23.6. The number of aromatic nitrogens is 2. The molecule has 3 aromatic carbocycles. The van der Waals surface area contributed by atoms with Gasteiger partial charge in [0, 0.05) is 16.4 Å². The Morgan fingerprint density at radius 2 is 1.85 bits per heavy atom. The first-order valence-electron chi connectivity index (χ1n) is 12.4. The molecular weight excluding hydrogens is 526 g/mol. The minimum atomic E-state index is -3.09. The van der Waals surface area contributed by atoms with Crippen LogP contribution >= 0.6 is 7.92 Å². The van der Waals surface area contributed by atoms with Crippen LogP contribution in [0.3, 0.4) is 0 Å². The van der Waals surface area contributed by atoms with Crippen molar-refractivity contribution in [2.45, 2.75) is 26.0 Å². The number of imidazole rings is 1. The molecule has 0 aliphatic carbocycles. The van der Waals surface area contributed by atoms with Gasteiger partial charge in [0.05, 0.1) is 24.2 Å². The van der Waals surface area contributed by atoms with Gasteiger partial charge in [-0.15, -0.1) is 0 Å². The van der Waals surface area contributed by atoms with E-state index in [1.165, 1.54) is 25.3 Å². The number of hydrogen-bond acceptors (Lipinski definition) is 5. The Kier molecular flexibility index (Phi) is 8.62. The number of aldehydes is 1. The van der Waals surface area contributed by atoms with Gasteiger partial charge in [-0.2, -0.15) is 8.78 Å². The maximum Gasteiger partial charge on any atom is 0.387 e. The van der Waals surface area contributed by atoms with Crippen LogP contribution in [0.1, 0.15) is 35.6 Å². The van der Waals surface area contributed by atoms with E-state index < -0.39 is 14.5 Å². The third kappa shape index (κ3) is 5.52. The fraction of sp³-hybridized carbons (Fsp3) is 0.310. The number of carbonyl (C=O) groups is 1. The number of carbonyl (C=O) groups excluding carboxylic acids is 1. The highest BCUT2D eigenvalue weighted by molar-refractivity contribution is 7.64. The normalized spacial score (nSPS) is 12.5. The average molecular weight is 558 g/mol. The van der Waals surface area contributed by atoms with Gasteiger partial charge in [-0.05, 0) is 75.8 Å². The van der Waals surface area contributed by atoms with Crippen LogP contribution in [0.4, 0.5) is 13.2 Å². The van der Waals surface area contributed by atoms with Crippen molar-refractivity contribution in [2.75, 3.05) is 34.5 Å². The molecule has 0 N–H and O–H groups in total. The number of nitrogens with zero attached hydrogens (tertiary/aromatic N) is 3. The lowest BCUT2D eigenvalue weighted by molar-refractivity contribution is -0.0498. The molecule has 4 aromatic rings. The first kappa shape index (κ1) is 28.6. The lowest BCUT2D eigenvalue weighted by atomic mass is 10.0. The maximum atomic E-state index is 15.1. The second-order valence-electron chi connectivity index (χ2n) is 9.49. The summed E-state index contributed by atoms with van der Waals surface area (Å²) < 4.78 is 54.2. The summed E-state index contributed by atoms with van der Waals surface area (Å²) in [6.45, 7) is 2.84. The molecule has 0 bridgehead atoms. The predicted molar refractivity (Wildman–Crippen MR) is 150 cm³/mol. The molecule has 0 saturated heterocycles. The monoisotopic (exact) mass is 557 g/mol. The smallest absolute Gasteiger partial charge is 0.387 e. The third-order valence-electron chi connectivity index (χ3n) is 6.65. The SMILES string of the molecule is CCC(c1nc2ccc(-c3cc(F)c(P(C)C)cc3OC)cc2n1-c1c(C=O)cccc1OC(F)F)N(C)C. The van der Waals surface area contributed by atoms with Crippen molar-refractivity contribution in [1.29, 1.82) is 0 Å². The van der Waals surface area contributed by atoms with Gasteiger partial charge in [0.1, 0.15) is 23.1 Å². The molecule has 0 spiro atoms. The quantitative estimate of drug-likeness (QED) is 0.162. The van der Waals surface area contributed by atoms with E-state index in [0.717, 1.165) is 0 Å². The predicted octanol–water partition coefficient (Wildman–Crippen LogP) is 6.63. The van der Waals surface area contributed by atoms with Crippen molar-refractivity contribution in [2.24, 2.45) is 0 Å². The van der Waals surface area contributed by atoms with Gasteiger partial charge in [0.2, 0.25) is 0 Å². The van der Waals surface area contributed by atoms with Crippen molar-refractivity contribution in [3.8, 4) is 28.3 Å². The van der Waals surface area contributed by atoms with Gasteiger partial charge in [0.25, 0.3) is 0 Å². The first-order chi connectivity index (χ1) is 18.6. The number of halogens is 3. The molecule has 0 amide bonds. The molecule has 1 atom stereocenters. The maximum absolute atomic E-state index is 15.1. The highest BCUT2D eigenvalue weighted by Crippen LogP contribution is 2.39.